The summed E-state index contributed by atoms with van der Waals surface area (Å²) in [4.78, 5) is 27.8. The van der Waals surface area contributed by atoms with E-state index < -0.39 is 0 Å². The number of carbonyl (C=O) groups is 1. The predicted molar refractivity (Wildman–Crippen MR) is 117 cm³/mol. The zero-order chi connectivity index (χ0) is 22.1. The highest BCUT2D eigenvalue weighted by molar-refractivity contribution is 6.09. The van der Waals surface area contributed by atoms with Crippen LogP contribution in [0.15, 0.2) is 61.3 Å². The molecule has 0 radical (unpaired) electrons. The molecule has 0 saturated heterocycles. The maximum absolute atomic E-state index is 13.0. The highest BCUT2D eigenvalue weighted by Crippen LogP contribution is 2.32. The SMILES string of the molecule is COc1cc(-c2ccc3c(n2)CN(c2cnn(Cc4cccnc4)c2)C3=O)cnc1OC. The van der Waals surface area contributed by atoms with Gasteiger partial charge in [-0.05, 0) is 29.8 Å². The van der Waals surface area contributed by atoms with E-state index in [-0.39, 0.29) is 5.91 Å². The number of carbonyl (C=O) groups excluding carboxylic acids is 1. The Morgan fingerprint density at radius 1 is 1.09 bits per heavy atom. The van der Waals surface area contributed by atoms with E-state index in [1.54, 1.807) is 47.5 Å². The van der Waals surface area contributed by atoms with Crippen molar-refractivity contribution in [3.8, 4) is 22.9 Å². The lowest BCUT2D eigenvalue weighted by atomic mass is 10.1. The van der Waals surface area contributed by atoms with Gasteiger partial charge < -0.3 is 9.47 Å². The van der Waals surface area contributed by atoms with Gasteiger partial charge in [0.25, 0.3) is 11.8 Å². The van der Waals surface area contributed by atoms with E-state index in [0.717, 1.165) is 16.8 Å². The third-order valence-electron chi connectivity index (χ3n) is 5.28. The summed E-state index contributed by atoms with van der Waals surface area (Å²) in [6.45, 7) is 0.957. The van der Waals surface area contributed by atoms with Gasteiger partial charge >= 0.3 is 0 Å². The number of hydrogen-bond donors (Lipinski definition) is 0. The number of ether oxygens (including phenoxy) is 2. The molecule has 0 fully saturated rings. The fourth-order valence-corrected chi connectivity index (χ4v) is 3.68. The number of rotatable bonds is 6. The Kier molecular flexibility index (Phi) is 4.98. The van der Waals surface area contributed by atoms with Crippen molar-refractivity contribution in [1.82, 2.24) is 24.7 Å². The molecule has 5 heterocycles. The molecule has 0 unspecified atom stereocenters. The first-order valence-corrected chi connectivity index (χ1v) is 9.98. The van der Waals surface area contributed by atoms with Crippen LogP contribution in [0.3, 0.4) is 0 Å². The Balaban J connectivity index is 1.39. The first-order valence-electron chi connectivity index (χ1n) is 9.98. The number of methoxy groups -OCH3 is 2. The third kappa shape index (κ3) is 3.53. The summed E-state index contributed by atoms with van der Waals surface area (Å²) in [5, 5.41) is 4.39. The van der Waals surface area contributed by atoms with Crippen molar-refractivity contribution >= 4 is 11.6 Å². The Morgan fingerprint density at radius 2 is 2.00 bits per heavy atom. The maximum atomic E-state index is 13.0. The average molecular weight is 428 g/mol. The van der Waals surface area contributed by atoms with Crippen molar-refractivity contribution in [2.45, 2.75) is 13.1 Å². The first-order chi connectivity index (χ1) is 15.7. The van der Waals surface area contributed by atoms with E-state index in [0.29, 0.717) is 41.7 Å². The summed E-state index contributed by atoms with van der Waals surface area (Å²) in [5.74, 6) is 0.832. The number of amides is 1. The predicted octanol–water partition coefficient (Wildman–Crippen LogP) is 2.96. The summed E-state index contributed by atoms with van der Waals surface area (Å²) >= 11 is 0. The number of anilines is 1. The molecule has 0 aromatic carbocycles. The van der Waals surface area contributed by atoms with Crippen LogP contribution in [0, 0.1) is 0 Å². The van der Waals surface area contributed by atoms with Gasteiger partial charge in [0.1, 0.15) is 0 Å². The zero-order valence-electron chi connectivity index (χ0n) is 17.6. The molecule has 0 atom stereocenters. The van der Waals surface area contributed by atoms with Crippen molar-refractivity contribution < 1.29 is 14.3 Å². The number of nitrogens with zero attached hydrogens (tertiary/aromatic N) is 6. The van der Waals surface area contributed by atoms with Crippen molar-refractivity contribution in [1.29, 1.82) is 0 Å². The molecule has 1 aliphatic heterocycles. The molecule has 0 N–H and O–H groups in total. The normalized spacial score (nSPS) is 12.7. The standard InChI is InChI=1S/C23H20N6O3/c1-31-21-8-16(10-25-22(21)32-2)19-6-5-18-20(27-19)14-29(23(18)30)17-11-26-28(13-17)12-15-4-3-7-24-9-15/h3-11,13H,12,14H2,1-2H3. The van der Waals surface area contributed by atoms with E-state index >= 15 is 0 Å². The van der Waals surface area contributed by atoms with Crippen molar-refractivity contribution in [3.63, 3.8) is 0 Å². The molecule has 1 amide bonds. The quantitative estimate of drug-likeness (QED) is 0.466. The molecule has 0 aliphatic carbocycles. The van der Waals surface area contributed by atoms with Gasteiger partial charge in [-0.15, -0.1) is 0 Å². The van der Waals surface area contributed by atoms with Gasteiger partial charge in [0.2, 0.25) is 0 Å². The number of hydrogen-bond acceptors (Lipinski definition) is 7. The van der Waals surface area contributed by atoms with E-state index in [1.807, 2.05) is 30.5 Å². The first kappa shape index (κ1) is 19.7. The lowest BCUT2D eigenvalue weighted by Gasteiger charge is -2.11. The van der Waals surface area contributed by atoms with Crippen LogP contribution in [0.4, 0.5) is 5.69 Å². The molecule has 0 saturated carbocycles. The van der Waals surface area contributed by atoms with Gasteiger partial charge in [-0.1, -0.05) is 6.07 Å². The summed E-state index contributed by atoms with van der Waals surface area (Å²) in [5.41, 5.74) is 4.54. The Hall–Kier alpha value is -4.27. The highest BCUT2D eigenvalue weighted by atomic mass is 16.5. The molecule has 4 aromatic heterocycles. The fourth-order valence-electron chi connectivity index (χ4n) is 3.68. The smallest absolute Gasteiger partial charge is 0.260 e. The van der Waals surface area contributed by atoms with Gasteiger partial charge in [0.15, 0.2) is 5.75 Å². The Labute approximate surface area is 184 Å². The minimum Gasteiger partial charge on any atom is -0.491 e. The number of aromatic nitrogens is 5. The van der Waals surface area contributed by atoms with Crippen LogP contribution in [0.25, 0.3) is 11.3 Å². The number of pyridine rings is 3. The maximum Gasteiger partial charge on any atom is 0.260 e. The van der Waals surface area contributed by atoms with Crippen LogP contribution in [0.2, 0.25) is 0 Å². The summed E-state index contributed by atoms with van der Waals surface area (Å²) in [7, 11) is 3.10. The molecule has 9 heteroatoms. The molecule has 0 bridgehead atoms. The van der Waals surface area contributed by atoms with Crippen LogP contribution in [-0.2, 0) is 13.1 Å². The van der Waals surface area contributed by atoms with Gasteiger partial charge in [-0.3, -0.25) is 24.3 Å². The van der Waals surface area contributed by atoms with E-state index in [2.05, 4.69) is 15.1 Å². The van der Waals surface area contributed by atoms with Gasteiger partial charge in [-0.2, -0.15) is 5.10 Å². The lowest BCUT2D eigenvalue weighted by Crippen LogP contribution is -2.22. The highest BCUT2D eigenvalue weighted by Gasteiger charge is 2.31. The van der Waals surface area contributed by atoms with Crippen LogP contribution in [0.5, 0.6) is 11.6 Å². The minimum absolute atomic E-state index is 0.0922. The van der Waals surface area contributed by atoms with E-state index in [4.69, 9.17) is 14.5 Å². The van der Waals surface area contributed by atoms with Crippen LogP contribution in [0.1, 0.15) is 21.6 Å². The topological polar surface area (TPSA) is 95.3 Å². The summed E-state index contributed by atoms with van der Waals surface area (Å²) in [6.07, 6.45) is 8.76. The van der Waals surface area contributed by atoms with Crippen molar-refractivity contribution in [2.75, 3.05) is 19.1 Å². The average Bonchev–Trinajstić information content (AvgIpc) is 3.43. The van der Waals surface area contributed by atoms with Crippen LogP contribution in [-0.4, -0.2) is 44.9 Å². The van der Waals surface area contributed by atoms with Gasteiger partial charge in [-0.25, -0.2) is 4.98 Å². The zero-order valence-corrected chi connectivity index (χ0v) is 17.6. The van der Waals surface area contributed by atoms with Gasteiger partial charge in [0.05, 0.1) is 56.1 Å². The molecule has 1 aliphatic rings. The second-order valence-corrected chi connectivity index (χ2v) is 7.27. The molecule has 9 nitrogen and oxygen atoms in total. The summed E-state index contributed by atoms with van der Waals surface area (Å²) in [6, 6.07) is 9.31. The molecule has 0 spiro atoms. The molecule has 32 heavy (non-hydrogen) atoms. The second-order valence-electron chi connectivity index (χ2n) is 7.27. The largest absolute Gasteiger partial charge is 0.491 e. The second kappa shape index (κ2) is 8.10. The molecular formula is C23H20N6O3. The molecule has 160 valence electrons. The minimum atomic E-state index is -0.0922. The number of fused-ring (bicyclic) bond motifs is 1. The summed E-state index contributed by atoms with van der Waals surface area (Å²) < 4.78 is 12.3. The van der Waals surface area contributed by atoms with Gasteiger partial charge in [0, 0.05) is 30.4 Å². The molecular weight excluding hydrogens is 408 g/mol. The lowest BCUT2D eigenvalue weighted by molar-refractivity contribution is 0.0996. The fraction of sp³-hybridized carbons (Fsp3) is 0.174. The van der Waals surface area contributed by atoms with Crippen LogP contribution >= 0.6 is 0 Å². The third-order valence-corrected chi connectivity index (χ3v) is 5.28. The molecule has 4 aromatic rings. The molecule has 5 rings (SSSR count). The van der Waals surface area contributed by atoms with Crippen LogP contribution < -0.4 is 14.4 Å². The Bertz CT molecular complexity index is 1290. The van der Waals surface area contributed by atoms with Crippen molar-refractivity contribution in [3.05, 3.63) is 78.1 Å². The monoisotopic (exact) mass is 428 g/mol. The van der Waals surface area contributed by atoms with Crippen molar-refractivity contribution in [2.24, 2.45) is 0 Å². The van der Waals surface area contributed by atoms with E-state index in [1.165, 1.54) is 7.11 Å². The van der Waals surface area contributed by atoms with E-state index in [9.17, 15) is 4.79 Å². The Morgan fingerprint density at radius 3 is 2.78 bits per heavy atom.